The first kappa shape index (κ1) is 29.8. The highest BCUT2D eigenvalue weighted by molar-refractivity contribution is 7.25. The molecule has 46 heavy (non-hydrogen) atoms. The summed E-state index contributed by atoms with van der Waals surface area (Å²) in [6.07, 6.45) is 2.18. The average Bonchev–Trinajstić information content (AvgIpc) is 3.87. The van der Waals surface area contributed by atoms with Crippen LogP contribution in [0, 0.1) is 41.5 Å². The summed E-state index contributed by atoms with van der Waals surface area (Å²) in [7, 11) is 0. The lowest BCUT2D eigenvalue weighted by Crippen LogP contribution is -1.97. The van der Waals surface area contributed by atoms with Crippen molar-refractivity contribution in [2.75, 3.05) is 0 Å². The molecule has 4 heterocycles. The second-order valence-corrected chi connectivity index (χ2v) is 17.5. The smallest absolute Gasteiger partial charge is 0.0452 e. The van der Waals surface area contributed by atoms with Crippen molar-refractivity contribution in [3.05, 3.63) is 139 Å². The van der Waals surface area contributed by atoms with Gasteiger partial charge in [0.15, 0.2) is 0 Å². The summed E-state index contributed by atoms with van der Waals surface area (Å²) in [6.45, 7) is 13.4. The Morgan fingerprint density at radius 1 is 0.413 bits per heavy atom. The van der Waals surface area contributed by atoms with E-state index in [1.807, 2.05) is 45.3 Å². The molecular weight excluding hydrogens is 633 g/mol. The Bertz CT molecular complexity index is 2240. The maximum Gasteiger partial charge on any atom is 0.0452 e. The minimum absolute atomic E-state index is 1.08. The molecule has 4 heteroatoms. The maximum absolute atomic E-state index is 2.47. The fourth-order valence-corrected chi connectivity index (χ4v) is 11.5. The summed E-state index contributed by atoms with van der Waals surface area (Å²) in [4.78, 5) is 11.4. The van der Waals surface area contributed by atoms with E-state index in [-0.39, 0.29) is 0 Å². The van der Waals surface area contributed by atoms with E-state index in [0.717, 1.165) is 12.8 Å². The van der Waals surface area contributed by atoms with Crippen LogP contribution in [0.3, 0.4) is 0 Å². The number of benzene rings is 3. The number of hydrogen-bond donors (Lipinski definition) is 0. The first-order valence-corrected chi connectivity index (χ1v) is 19.2. The van der Waals surface area contributed by atoms with Crippen LogP contribution < -0.4 is 0 Å². The molecule has 7 aromatic rings. The van der Waals surface area contributed by atoms with E-state index >= 15 is 0 Å². The molecule has 2 aliphatic carbocycles. The zero-order valence-electron chi connectivity index (χ0n) is 27.1. The predicted molar refractivity (Wildman–Crippen MR) is 206 cm³/mol. The van der Waals surface area contributed by atoms with Crippen LogP contribution in [0.25, 0.3) is 51.5 Å². The van der Waals surface area contributed by atoms with Crippen LogP contribution in [-0.4, -0.2) is 0 Å². The molecule has 0 saturated heterocycles. The highest BCUT2D eigenvalue weighted by Crippen LogP contribution is 2.55. The summed E-state index contributed by atoms with van der Waals surface area (Å²) >= 11 is 7.74. The van der Waals surface area contributed by atoms with Gasteiger partial charge in [0.2, 0.25) is 0 Å². The molecule has 0 atom stereocenters. The molecule has 2 aliphatic rings. The number of rotatable bonds is 3. The Kier molecular flexibility index (Phi) is 7.53. The molecular formula is C42H36S4. The largest absolute Gasteiger partial charge is 0.141 e. The SMILES string of the molecule is Cc1ccc(-c2ccc(-c3cc4c(s3)-c3c(C)c5c(c(C)c3C4)-c3sc(C)cc3C5)s2)cc1.Cc1ccc(-c2ccc(C)s2)cc1. The van der Waals surface area contributed by atoms with E-state index in [4.69, 9.17) is 0 Å². The molecule has 0 fully saturated rings. The molecule has 3 aromatic carbocycles. The van der Waals surface area contributed by atoms with Crippen molar-refractivity contribution >= 4 is 45.3 Å². The van der Waals surface area contributed by atoms with Crippen molar-refractivity contribution in [3.63, 3.8) is 0 Å². The van der Waals surface area contributed by atoms with Gasteiger partial charge in [-0.3, -0.25) is 0 Å². The van der Waals surface area contributed by atoms with Crippen LogP contribution in [0.5, 0.6) is 0 Å². The topological polar surface area (TPSA) is 0 Å². The van der Waals surface area contributed by atoms with Gasteiger partial charge in [0, 0.05) is 39.0 Å². The summed E-state index contributed by atoms with van der Waals surface area (Å²) in [5, 5.41) is 0. The predicted octanol–water partition coefficient (Wildman–Crippen LogP) is 13.6. The van der Waals surface area contributed by atoms with Gasteiger partial charge >= 0.3 is 0 Å². The van der Waals surface area contributed by atoms with Crippen molar-refractivity contribution in [1.29, 1.82) is 0 Å². The molecule has 0 nitrogen and oxygen atoms in total. The molecule has 0 bridgehead atoms. The van der Waals surface area contributed by atoms with Gasteiger partial charge in [-0.15, -0.1) is 45.3 Å². The normalized spacial score (nSPS) is 12.4. The van der Waals surface area contributed by atoms with E-state index in [1.165, 1.54) is 83.5 Å². The van der Waals surface area contributed by atoms with Crippen LogP contribution in [0.4, 0.5) is 0 Å². The molecule has 0 radical (unpaired) electrons. The molecule has 4 aromatic heterocycles. The second kappa shape index (κ2) is 11.6. The van der Waals surface area contributed by atoms with Gasteiger partial charge in [0.1, 0.15) is 0 Å². The Hall–Kier alpha value is -3.54. The van der Waals surface area contributed by atoms with Crippen molar-refractivity contribution in [1.82, 2.24) is 0 Å². The zero-order chi connectivity index (χ0) is 31.7. The Labute approximate surface area is 288 Å². The monoisotopic (exact) mass is 668 g/mol. The van der Waals surface area contributed by atoms with Crippen LogP contribution in [-0.2, 0) is 12.8 Å². The quantitative estimate of drug-likeness (QED) is 0.176. The third kappa shape index (κ3) is 5.16. The van der Waals surface area contributed by atoms with Crippen LogP contribution in [0.2, 0.25) is 0 Å². The molecule has 0 spiro atoms. The Morgan fingerprint density at radius 3 is 1.48 bits per heavy atom. The number of thiophene rings is 4. The van der Waals surface area contributed by atoms with Crippen LogP contribution >= 0.6 is 45.3 Å². The van der Waals surface area contributed by atoms with E-state index in [9.17, 15) is 0 Å². The molecule has 9 rings (SSSR count). The molecule has 0 unspecified atom stereocenters. The van der Waals surface area contributed by atoms with E-state index in [1.54, 1.807) is 22.3 Å². The van der Waals surface area contributed by atoms with Gasteiger partial charge in [-0.05, 0) is 146 Å². The highest BCUT2D eigenvalue weighted by Gasteiger charge is 2.33. The average molecular weight is 669 g/mol. The van der Waals surface area contributed by atoms with Gasteiger partial charge in [-0.25, -0.2) is 0 Å². The minimum Gasteiger partial charge on any atom is -0.141 e. The molecule has 0 aliphatic heterocycles. The van der Waals surface area contributed by atoms with Crippen molar-refractivity contribution in [3.8, 4) is 51.5 Å². The lowest BCUT2D eigenvalue weighted by molar-refractivity contribution is 1.17. The number of aryl methyl sites for hydroxylation is 4. The van der Waals surface area contributed by atoms with Gasteiger partial charge in [-0.1, -0.05) is 59.7 Å². The van der Waals surface area contributed by atoms with Gasteiger partial charge in [0.25, 0.3) is 0 Å². The minimum atomic E-state index is 1.08. The fraction of sp³-hybridized carbons (Fsp3) is 0.190. The van der Waals surface area contributed by atoms with Crippen molar-refractivity contribution in [2.45, 2.75) is 54.4 Å². The summed E-state index contributed by atoms with van der Waals surface area (Å²) < 4.78 is 0. The van der Waals surface area contributed by atoms with Gasteiger partial charge in [0.05, 0.1) is 0 Å². The van der Waals surface area contributed by atoms with Gasteiger partial charge < -0.3 is 0 Å². The summed E-state index contributed by atoms with van der Waals surface area (Å²) in [5.41, 5.74) is 17.6. The molecule has 228 valence electrons. The zero-order valence-corrected chi connectivity index (χ0v) is 30.4. The number of fused-ring (bicyclic) bond motifs is 6. The van der Waals surface area contributed by atoms with E-state index in [2.05, 4.69) is 126 Å². The van der Waals surface area contributed by atoms with Crippen molar-refractivity contribution < 1.29 is 0 Å². The second-order valence-electron chi connectivity index (χ2n) is 12.8. The van der Waals surface area contributed by atoms with Crippen LogP contribution in [0.15, 0.2) is 84.9 Å². The van der Waals surface area contributed by atoms with Gasteiger partial charge in [-0.2, -0.15) is 0 Å². The number of hydrogen-bond acceptors (Lipinski definition) is 4. The van der Waals surface area contributed by atoms with E-state index < -0.39 is 0 Å². The van der Waals surface area contributed by atoms with E-state index in [0.29, 0.717) is 0 Å². The first-order chi connectivity index (χ1) is 22.2. The lowest BCUT2D eigenvalue weighted by Gasteiger charge is -2.16. The Balaban J connectivity index is 0.000000202. The third-order valence-electron chi connectivity index (χ3n) is 9.45. The van der Waals surface area contributed by atoms with Crippen LogP contribution in [0.1, 0.15) is 54.3 Å². The standard InChI is InChI=1S/C30H24S3.C12H12S/c1-15-5-7-19(8-6-15)24-9-10-25(32-24)26-14-21-13-23-17(3)27-22(18(4)28(23)30(21)33-26)12-20-11-16(2)31-29(20)27;1-9-3-6-11(7-4-9)12-8-5-10(2)13-12/h5-11,14H,12-13H2,1-4H3;3-8H,1-2H3. The third-order valence-corrected chi connectivity index (χ3v) is 14.1. The highest BCUT2D eigenvalue weighted by atomic mass is 32.1. The summed E-state index contributed by atoms with van der Waals surface area (Å²) in [6, 6.07) is 31.4. The summed E-state index contributed by atoms with van der Waals surface area (Å²) in [5.74, 6) is 0. The molecule has 0 N–H and O–H groups in total. The Morgan fingerprint density at radius 2 is 0.913 bits per heavy atom. The maximum atomic E-state index is 2.47. The fourth-order valence-electron chi connectivity index (χ4n) is 7.02. The molecule has 0 saturated carbocycles. The van der Waals surface area contributed by atoms with Crippen molar-refractivity contribution in [2.24, 2.45) is 0 Å². The lowest BCUT2D eigenvalue weighted by atomic mass is 9.90. The molecule has 0 amide bonds. The first-order valence-electron chi connectivity index (χ1n) is 15.9.